The lowest BCUT2D eigenvalue weighted by Crippen LogP contribution is -2.12. The molecule has 0 aliphatic heterocycles. The predicted molar refractivity (Wildman–Crippen MR) is 85.3 cm³/mol. The average molecular weight is 315 g/mol. The van der Waals surface area contributed by atoms with Gasteiger partial charge in [0.15, 0.2) is 11.5 Å². The van der Waals surface area contributed by atoms with Crippen molar-refractivity contribution in [3.63, 3.8) is 0 Å². The Hall–Kier alpha value is -3.02. The van der Waals surface area contributed by atoms with Crippen molar-refractivity contribution in [1.82, 2.24) is 0 Å². The van der Waals surface area contributed by atoms with Crippen molar-refractivity contribution < 1.29 is 23.8 Å². The Labute approximate surface area is 134 Å². The van der Waals surface area contributed by atoms with E-state index in [2.05, 4.69) is 5.32 Å². The molecule has 0 heterocycles. The van der Waals surface area contributed by atoms with Crippen LogP contribution in [0.1, 0.15) is 17.3 Å². The Morgan fingerprint density at radius 2 is 1.74 bits per heavy atom. The molecule has 0 aliphatic carbocycles. The van der Waals surface area contributed by atoms with Crippen LogP contribution >= 0.6 is 0 Å². The van der Waals surface area contributed by atoms with Gasteiger partial charge in [0.2, 0.25) is 0 Å². The fraction of sp³-hybridized carbons (Fsp3) is 0.176. The highest BCUT2D eigenvalue weighted by Crippen LogP contribution is 2.28. The van der Waals surface area contributed by atoms with Crippen LogP contribution in [0.25, 0.3) is 0 Å². The number of esters is 1. The lowest BCUT2D eigenvalue weighted by atomic mass is 10.1. The standard InChI is InChI=1S/C17H17NO5/c1-11(19)23-15-8-7-12(9-16(15)22-3)17(20)18-13-5-4-6-14(10-13)21-2/h4-10H,1-3H3,(H,18,20). The summed E-state index contributed by atoms with van der Waals surface area (Å²) in [5, 5.41) is 2.76. The zero-order chi connectivity index (χ0) is 16.8. The molecule has 2 aromatic rings. The van der Waals surface area contributed by atoms with Crippen molar-refractivity contribution in [2.24, 2.45) is 0 Å². The number of anilines is 1. The van der Waals surface area contributed by atoms with Gasteiger partial charge in [-0.05, 0) is 30.3 Å². The third-order valence-corrected chi connectivity index (χ3v) is 3.01. The molecule has 6 heteroatoms. The maximum absolute atomic E-state index is 12.3. The summed E-state index contributed by atoms with van der Waals surface area (Å²) in [6.07, 6.45) is 0. The number of methoxy groups -OCH3 is 2. The number of carbonyl (C=O) groups is 2. The van der Waals surface area contributed by atoms with Crippen molar-refractivity contribution in [2.75, 3.05) is 19.5 Å². The highest BCUT2D eigenvalue weighted by atomic mass is 16.6. The number of carbonyl (C=O) groups excluding carboxylic acids is 2. The van der Waals surface area contributed by atoms with Gasteiger partial charge >= 0.3 is 5.97 Å². The van der Waals surface area contributed by atoms with Gasteiger partial charge in [-0.15, -0.1) is 0 Å². The molecule has 120 valence electrons. The van der Waals surface area contributed by atoms with E-state index < -0.39 is 5.97 Å². The third kappa shape index (κ3) is 4.23. The second-order valence-corrected chi connectivity index (χ2v) is 4.65. The van der Waals surface area contributed by atoms with E-state index in [-0.39, 0.29) is 11.7 Å². The smallest absolute Gasteiger partial charge is 0.308 e. The second-order valence-electron chi connectivity index (χ2n) is 4.65. The number of ether oxygens (including phenoxy) is 3. The van der Waals surface area contributed by atoms with E-state index in [1.807, 2.05) is 0 Å². The van der Waals surface area contributed by atoms with E-state index in [1.165, 1.54) is 26.2 Å². The number of amides is 1. The Kier molecular flexibility index (Phi) is 5.19. The zero-order valence-electron chi connectivity index (χ0n) is 13.1. The predicted octanol–water partition coefficient (Wildman–Crippen LogP) is 2.88. The SMILES string of the molecule is COc1cccc(NC(=O)c2ccc(OC(C)=O)c(OC)c2)c1. The molecule has 0 spiro atoms. The van der Waals surface area contributed by atoms with Gasteiger partial charge in [0.25, 0.3) is 5.91 Å². The van der Waals surface area contributed by atoms with E-state index in [0.717, 1.165) is 0 Å². The summed E-state index contributed by atoms with van der Waals surface area (Å²) >= 11 is 0. The quantitative estimate of drug-likeness (QED) is 0.678. The molecule has 0 saturated carbocycles. The van der Waals surface area contributed by atoms with Crippen LogP contribution in [0.4, 0.5) is 5.69 Å². The van der Waals surface area contributed by atoms with Crippen LogP contribution in [0.15, 0.2) is 42.5 Å². The maximum atomic E-state index is 12.3. The summed E-state index contributed by atoms with van der Waals surface area (Å²) < 4.78 is 15.3. The number of rotatable bonds is 5. The Bertz CT molecular complexity index is 727. The largest absolute Gasteiger partial charge is 0.497 e. The van der Waals surface area contributed by atoms with Gasteiger partial charge in [-0.1, -0.05) is 6.07 Å². The van der Waals surface area contributed by atoms with E-state index >= 15 is 0 Å². The number of benzene rings is 2. The molecule has 2 rings (SSSR count). The van der Waals surface area contributed by atoms with Crippen molar-refractivity contribution >= 4 is 17.6 Å². The van der Waals surface area contributed by atoms with E-state index in [4.69, 9.17) is 14.2 Å². The second kappa shape index (κ2) is 7.31. The van der Waals surface area contributed by atoms with Crippen LogP contribution in [0.3, 0.4) is 0 Å². The van der Waals surface area contributed by atoms with Gasteiger partial charge in [-0.25, -0.2) is 0 Å². The molecule has 0 fully saturated rings. The van der Waals surface area contributed by atoms with Gasteiger partial charge in [-0.3, -0.25) is 9.59 Å². The summed E-state index contributed by atoms with van der Waals surface area (Å²) in [4.78, 5) is 23.3. The van der Waals surface area contributed by atoms with Gasteiger partial charge in [0.05, 0.1) is 14.2 Å². The van der Waals surface area contributed by atoms with Gasteiger partial charge in [-0.2, -0.15) is 0 Å². The monoisotopic (exact) mass is 315 g/mol. The maximum Gasteiger partial charge on any atom is 0.308 e. The molecule has 0 unspecified atom stereocenters. The van der Waals surface area contributed by atoms with Gasteiger partial charge < -0.3 is 19.5 Å². The first-order valence-corrected chi connectivity index (χ1v) is 6.85. The summed E-state index contributed by atoms with van der Waals surface area (Å²) in [7, 11) is 2.99. The molecule has 2 aromatic carbocycles. The first-order valence-electron chi connectivity index (χ1n) is 6.85. The van der Waals surface area contributed by atoms with Crippen LogP contribution in [0.2, 0.25) is 0 Å². The lowest BCUT2D eigenvalue weighted by Gasteiger charge is -2.11. The van der Waals surface area contributed by atoms with Crippen LogP contribution in [-0.4, -0.2) is 26.1 Å². The molecule has 0 aromatic heterocycles. The van der Waals surface area contributed by atoms with Crippen LogP contribution in [0, 0.1) is 0 Å². The Morgan fingerprint density at radius 3 is 2.39 bits per heavy atom. The Morgan fingerprint density at radius 1 is 0.957 bits per heavy atom. The molecular formula is C17H17NO5. The minimum Gasteiger partial charge on any atom is -0.497 e. The summed E-state index contributed by atoms with van der Waals surface area (Å²) in [5.41, 5.74) is 0.984. The number of hydrogen-bond acceptors (Lipinski definition) is 5. The van der Waals surface area contributed by atoms with Crippen LogP contribution in [-0.2, 0) is 4.79 Å². The molecule has 23 heavy (non-hydrogen) atoms. The number of nitrogens with one attached hydrogen (secondary N) is 1. The normalized spacial score (nSPS) is 9.87. The number of hydrogen-bond donors (Lipinski definition) is 1. The topological polar surface area (TPSA) is 73.9 Å². The minimum atomic E-state index is -0.461. The fourth-order valence-corrected chi connectivity index (χ4v) is 1.95. The first kappa shape index (κ1) is 16.4. The molecule has 0 atom stereocenters. The average Bonchev–Trinajstić information content (AvgIpc) is 2.54. The minimum absolute atomic E-state index is 0.262. The van der Waals surface area contributed by atoms with E-state index in [0.29, 0.717) is 22.7 Å². The molecule has 0 aliphatic rings. The Balaban J connectivity index is 2.20. The molecule has 0 radical (unpaired) electrons. The van der Waals surface area contributed by atoms with E-state index in [1.54, 1.807) is 37.4 Å². The first-order chi connectivity index (χ1) is 11.0. The third-order valence-electron chi connectivity index (χ3n) is 3.01. The molecule has 1 N–H and O–H groups in total. The highest BCUT2D eigenvalue weighted by molar-refractivity contribution is 6.04. The fourth-order valence-electron chi connectivity index (χ4n) is 1.95. The van der Waals surface area contributed by atoms with Crippen molar-refractivity contribution in [3.8, 4) is 17.2 Å². The highest BCUT2D eigenvalue weighted by Gasteiger charge is 2.13. The molecule has 1 amide bonds. The van der Waals surface area contributed by atoms with Crippen LogP contribution < -0.4 is 19.5 Å². The zero-order valence-corrected chi connectivity index (χ0v) is 13.1. The van der Waals surface area contributed by atoms with Crippen molar-refractivity contribution in [3.05, 3.63) is 48.0 Å². The lowest BCUT2D eigenvalue weighted by molar-refractivity contribution is -0.132. The molecular weight excluding hydrogens is 298 g/mol. The van der Waals surface area contributed by atoms with Crippen molar-refractivity contribution in [2.45, 2.75) is 6.92 Å². The van der Waals surface area contributed by atoms with Gasteiger partial charge in [0, 0.05) is 24.2 Å². The van der Waals surface area contributed by atoms with Gasteiger partial charge in [0.1, 0.15) is 5.75 Å². The summed E-state index contributed by atoms with van der Waals surface area (Å²) in [6, 6.07) is 11.6. The molecule has 0 saturated heterocycles. The molecule has 0 bridgehead atoms. The summed E-state index contributed by atoms with van der Waals surface area (Å²) in [5.74, 6) is 0.435. The molecule has 6 nitrogen and oxygen atoms in total. The van der Waals surface area contributed by atoms with Crippen LogP contribution in [0.5, 0.6) is 17.2 Å². The summed E-state index contributed by atoms with van der Waals surface area (Å²) in [6.45, 7) is 1.29. The van der Waals surface area contributed by atoms with E-state index in [9.17, 15) is 9.59 Å². The van der Waals surface area contributed by atoms with Crippen molar-refractivity contribution in [1.29, 1.82) is 0 Å².